The van der Waals surface area contributed by atoms with Crippen molar-refractivity contribution < 1.29 is 14.0 Å². The van der Waals surface area contributed by atoms with Crippen molar-refractivity contribution in [2.75, 3.05) is 18.4 Å². The highest BCUT2D eigenvalue weighted by Gasteiger charge is 2.25. The number of amides is 3. The molecule has 6 heteroatoms. The van der Waals surface area contributed by atoms with Gasteiger partial charge in [-0.1, -0.05) is 12.1 Å². The third-order valence-corrected chi connectivity index (χ3v) is 4.13. The van der Waals surface area contributed by atoms with Crippen molar-refractivity contribution >= 4 is 17.6 Å². The zero-order valence-corrected chi connectivity index (χ0v) is 13.6. The molecular weight excluding hydrogens is 306 g/mol. The first-order valence-corrected chi connectivity index (χ1v) is 8.09. The van der Waals surface area contributed by atoms with Crippen LogP contribution in [0.15, 0.2) is 47.1 Å². The Labute approximate surface area is 140 Å². The Morgan fingerprint density at radius 1 is 1.17 bits per heavy atom. The SMILES string of the molecule is Cc1cccc(NC(=O)NC2CCN(C(=O)c3ccco3)CC2)c1. The first-order chi connectivity index (χ1) is 11.6. The van der Waals surface area contributed by atoms with Crippen molar-refractivity contribution in [3.05, 3.63) is 54.0 Å². The van der Waals surface area contributed by atoms with Crippen LogP contribution in [0, 0.1) is 6.92 Å². The highest BCUT2D eigenvalue weighted by atomic mass is 16.3. The quantitative estimate of drug-likeness (QED) is 0.910. The van der Waals surface area contributed by atoms with E-state index in [1.807, 2.05) is 31.2 Å². The van der Waals surface area contributed by atoms with Gasteiger partial charge in [0.15, 0.2) is 5.76 Å². The number of likely N-dealkylation sites (tertiary alicyclic amines) is 1. The van der Waals surface area contributed by atoms with E-state index in [1.165, 1.54) is 6.26 Å². The van der Waals surface area contributed by atoms with Crippen LogP contribution >= 0.6 is 0 Å². The first kappa shape index (κ1) is 16.1. The molecule has 1 fully saturated rings. The van der Waals surface area contributed by atoms with E-state index in [9.17, 15) is 9.59 Å². The molecule has 1 saturated heterocycles. The molecule has 6 nitrogen and oxygen atoms in total. The maximum Gasteiger partial charge on any atom is 0.319 e. The largest absolute Gasteiger partial charge is 0.459 e. The average molecular weight is 327 g/mol. The maximum absolute atomic E-state index is 12.2. The molecule has 0 atom stereocenters. The van der Waals surface area contributed by atoms with Crippen molar-refractivity contribution in [3.63, 3.8) is 0 Å². The number of piperidine rings is 1. The van der Waals surface area contributed by atoms with Gasteiger partial charge < -0.3 is 20.0 Å². The predicted molar refractivity (Wildman–Crippen MR) is 91.0 cm³/mol. The minimum absolute atomic E-state index is 0.0652. The smallest absolute Gasteiger partial charge is 0.319 e. The lowest BCUT2D eigenvalue weighted by molar-refractivity contribution is 0.0676. The minimum Gasteiger partial charge on any atom is -0.459 e. The highest BCUT2D eigenvalue weighted by molar-refractivity contribution is 5.91. The van der Waals surface area contributed by atoms with E-state index < -0.39 is 0 Å². The second kappa shape index (κ2) is 7.21. The summed E-state index contributed by atoms with van der Waals surface area (Å²) in [6, 6.07) is 10.9. The molecule has 0 bridgehead atoms. The van der Waals surface area contributed by atoms with Gasteiger partial charge in [0.1, 0.15) is 0 Å². The van der Waals surface area contributed by atoms with Crippen LogP contribution < -0.4 is 10.6 Å². The van der Waals surface area contributed by atoms with Crippen molar-refractivity contribution in [2.45, 2.75) is 25.8 Å². The predicted octanol–water partition coefficient (Wildman–Crippen LogP) is 3.01. The molecular formula is C18H21N3O3. The standard InChI is InChI=1S/C18H21N3O3/c1-13-4-2-5-15(12-13)20-18(23)19-14-7-9-21(10-8-14)17(22)16-6-3-11-24-16/h2-6,11-12,14H,7-10H2,1H3,(H2,19,20,23). The summed E-state index contributed by atoms with van der Waals surface area (Å²) in [6.07, 6.45) is 2.96. The molecule has 0 spiro atoms. The monoisotopic (exact) mass is 327 g/mol. The van der Waals surface area contributed by atoms with Crippen LogP contribution in [0.1, 0.15) is 29.0 Å². The molecule has 1 aromatic carbocycles. The lowest BCUT2D eigenvalue weighted by atomic mass is 10.0. The average Bonchev–Trinajstić information content (AvgIpc) is 3.09. The van der Waals surface area contributed by atoms with Gasteiger partial charge in [-0.2, -0.15) is 0 Å². The number of nitrogens with one attached hydrogen (secondary N) is 2. The van der Waals surface area contributed by atoms with Crippen molar-refractivity contribution in [3.8, 4) is 0 Å². The van der Waals surface area contributed by atoms with E-state index >= 15 is 0 Å². The number of anilines is 1. The minimum atomic E-state index is -0.212. The Balaban J connectivity index is 1.47. The Bertz CT molecular complexity index is 704. The summed E-state index contributed by atoms with van der Waals surface area (Å²) in [6.45, 7) is 3.19. The molecule has 1 aliphatic heterocycles. The van der Waals surface area contributed by atoms with Crippen molar-refractivity contribution in [1.29, 1.82) is 0 Å². The Morgan fingerprint density at radius 3 is 2.62 bits per heavy atom. The van der Waals surface area contributed by atoms with E-state index in [-0.39, 0.29) is 18.0 Å². The van der Waals surface area contributed by atoms with Gasteiger partial charge in [0.2, 0.25) is 0 Å². The van der Waals surface area contributed by atoms with E-state index in [1.54, 1.807) is 17.0 Å². The molecule has 2 aromatic rings. The number of urea groups is 1. The normalized spacial score (nSPS) is 15.1. The van der Waals surface area contributed by atoms with Gasteiger partial charge in [-0.3, -0.25) is 4.79 Å². The summed E-state index contributed by atoms with van der Waals surface area (Å²) in [5, 5.41) is 5.81. The lowest BCUT2D eigenvalue weighted by Crippen LogP contribution is -2.47. The number of hydrogen-bond acceptors (Lipinski definition) is 3. The van der Waals surface area contributed by atoms with Gasteiger partial charge in [0.25, 0.3) is 5.91 Å². The fourth-order valence-electron chi connectivity index (χ4n) is 2.86. The van der Waals surface area contributed by atoms with Crippen molar-refractivity contribution in [2.24, 2.45) is 0 Å². The molecule has 1 aliphatic rings. The molecule has 0 unspecified atom stereocenters. The van der Waals surface area contributed by atoms with E-state index in [4.69, 9.17) is 4.42 Å². The molecule has 126 valence electrons. The fraction of sp³-hybridized carbons (Fsp3) is 0.333. The number of hydrogen-bond donors (Lipinski definition) is 2. The zero-order valence-electron chi connectivity index (χ0n) is 13.6. The van der Waals surface area contributed by atoms with Gasteiger partial charge in [0.05, 0.1) is 6.26 Å². The van der Waals surface area contributed by atoms with Gasteiger partial charge in [-0.15, -0.1) is 0 Å². The number of rotatable bonds is 3. The van der Waals surface area contributed by atoms with Gasteiger partial charge in [0, 0.05) is 24.8 Å². The number of carbonyl (C=O) groups excluding carboxylic acids is 2. The van der Waals surface area contributed by atoms with Gasteiger partial charge in [-0.05, 0) is 49.6 Å². The maximum atomic E-state index is 12.2. The Hall–Kier alpha value is -2.76. The summed E-state index contributed by atoms with van der Waals surface area (Å²) < 4.78 is 5.14. The summed E-state index contributed by atoms with van der Waals surface area (Å²) in [5.74, 6) is 0.265. The van der Waals surface area contributed by atoms with Crippen LogP contribution in [0.25, 0.3) is 0 Å². The summed E-state index contributed by atoms with van der Waals surface area (Å²) in [4.78, 5) is 26.0. The number of benzene rings is 1. The second-order valence-electron chi connectivity index (χ2n) is 6.01. The number of furan rings is 1. The van der Waals surface area contributed by atoms with E-state index in [2.05, 4.69) is 10.6 Å². The Morgan fingerprint density at radius 2 is 1.96 bits per heavy atom. The molecule has 2 heterocycles. The number of aryl methyl sites for hydroxylation is 1. The Kier molecular flexibility index (Phi) is 4.84. The fourth-order valence-corrected chi connectivity index (χ4v) is 2.86. The zero-order chi connectivity index (χ0) is 16.9. The van der Waals surface area contributed by atoms with Gasteiger partial charge in [-0.25, -0.2) is 4.79 Å². The molecule has 1 aromatic heterocycles. The molecule has 24 heavy (non-hydrogen) atoms. The second-order valence-corrected chi connectivity index (χ2v) is 6.01. The van der Waals surface area contributed by atoms with Crippen LogP contribution in [-0.2, 0) is 0 Å². The molecule has 2 N–H and O–H groups in total. The molecule has 3 rings (SSSR count). The topological polar surface area (TPSA) is 74.6 Å². The van der Waals surface area contributed by atoms with Crippen molar-refractivity contribution in [1.82, 2.24) is 10.2 Å². The van der Waals surface area contributed by atoms with Gasteiger partial charge >= 0.3 is 6.03 Å². The first-order valence-electron chi connectivity index (χ1n) is 8.09. The third kappa shape index (κ3) is 3.95. The summed E-state index contributed by atoms with van der Waals surface area (Å²) >= 11 is 0. The molecule has 0 aliphatic carbocycles. The number of carbonyl (C=O) groups is 2. The molecule has 0 radical (unpaired) electrons. The van der Waals surface area contributed by atoms with Crippen LogP contribution in [0.2, 0.25) is 0 Å². The van der Waals surface area contributed by atoms with E-state index in [0.29, 0.717) is 18.8 Å². The summed E-state index contributed by atoms with van der Waals surface area (Å²) in [7, 11) is 0. The number of nitrogens with zero attached hydrogens (tertiary/aromatic N) is 1. The molecule has 0 saturated carbocycles. The lowest BCUT2D eigenvalue weighted by Gasteiger charge is -2.31. The highest BCUT2D eigenvalue weighted by Crippen LogP contribution is 2.15. The van der Waals surface area contributed by atoms with Crippen LogP contribution in [0.5, 0.6) is 0 Å². The van der Waals surface area contributed by atoms with Crippen LogP contribution in [0.3, 0.4) is 0 Å². The van der Waals surface area contributed by atoms with Crippen LogP contribution in [-0.4, -0.2) is 36.0 Å². The molecule has 3 amide bonds. The van der Waals surface area contributed by atoms with Crippen LogP contribution in [0.4, 0.5) is 10.5 Å². The van der Waals surface area contributed by atoms with E-state index in [0.717, 1.165) is 24.1 Å². The third-order valence-electron chi connectivity index (χ3n) is 4.13. The summed E-state index contributed by atoms with van der Waals surface area (Å²) in [5.41, 5.74) is 1.87.